The van der Waals surface area contributed by atoms with Gasteiger partial charge in [-0.05, 0) is 29.3 Å². The molecule has 0 bridgehead atoms. The fourth-order valence-corrected chi connectivity index (χ4v) is 3.47. The maximum atomic E-state index is 12.4. The van der Waals surface area contributed by atoms with E-state index in [2.05, 4.69) is 10.3 Å². The molecular formula is C19H19N5O4. The minimum absolute atomic E-state index is 0.167. The van der Waals surface area contributed by atoms with Crippen LogP contribution in [0.5, 0.6) is 0 Å². The van der Waals surface area contributed by atoms with E-state index >= 15 is 0 Å². The van der Waals surface area contributed by atoms with Crippen LogP contribution in [0.15, 0.2) is 35.3 Å². The third-order valence-corrected chi connectivity index (χ3v) is 5.03. The van der Waals surface area contributed by atoms with Crippen LogP contribution < -0.4 is 11.0 Å². The molecule has 2 heterocycles. The molecule has 0 unspecified atom stereocenters. The van der Waals surface area contributed by atoms with Crippen LogP contribution in [0.4, 0.5) is 10.6 Å². The molecular weight excluding hydrogens is 362 g/mol. The van der Waals surface area contributed by atoms with E-state index in [4.69, 9.17) is 0 Å². The molecule has 1 fully saturated rings. The smallest absolute Gasteiger partial charge is 0.342 e. The quantitative estimate of drug-likeness (QED) is 0.765. The van der Waals surface area contributed by atoms with Crippen LogP contribution in [0.3, 0.4) is 0 Å². The molecule has 0 saturated carbocycles. The zero-order valence-electron chi connectivity index (χ0n) is 15.1. The highest BCUT2D eigenvalue weighted by Gasteiger charge is 2.21. The number of carbonyl (C=O) groups is 3. The average molecular weight is 381 g/mol. The fraction of sp³-hybridized carbons (Fsp3) is 0.316. The summed E-state index contributed by atoms with van der Waals surface area (Å²) < 4.78 is 1.38. The summed E-state index contributed by atoms with van der Waals surface area (Å²) in [5.41, 5.74) is 2.04. The molecule has 9 nitrogen and oxygen atoms in total. The van der Waals surface area contributed by atoms with Crippen molar-refractivity contribution in [1.82, 2.24) is 19.4 Å². The van der Waals surface area contributed by atoms with Gasteiger partial charge in [0.1, 0.15) is 11.6 Å². The molecule has 28 heavy (non-hydrogen) atoms. The molecule has 1 aromatic carbocycles. The standard InChI is InChI=1S/C19H19N5O4/c25-12-22-5-7-23(8-6-22)18(27)20-17-3-4-24(19(28)21-17)15-2-1-13-10-16(26)11-14(13)9-15/h1-4,9,12H,5-8,10-11H2,(H,20,21,27,28). The third-order valence-electron chi connectivity index (χ3n) is 5.03. The van der Waals surface area contributed by atoms with E-state index in [1.807, 2.05) is 12.1 Å². The number of Topliss-reactive ketones (excluding diaryl/α,β-unsaturated/α-hetero) is 1. The first-order valence-corrected chi connectivity index (χ1v) is 9.02. The second-order valence-corrected chi connectivity index (χ2v) is 6.87. The molecule has 1 N–H and O–H groups in total. The van der Waals surface area contributed by atoms with E-state index in [0.29, 0.717) is 44.7 Å². The Bertz CT molecular complexity index is 1010. The number of piperazine rings is 1. The zero-order valence-corrected chi connectivity index (χ0v) is 15.1. The van der Waals surface area contributed by atoms with Gasteiger partial charge < -0.3 is 9.80 Å². The van der Waals surface area contributed by atoms with Gasteiger partial charge in [0.05, 0.1) is 5.69 Å². The molecule has 9 heteroatoms. The summed E-state index contributed by atoms with van der Waals surface area (Å²) >= 11 is 0. The van der Waals surface area contributed by atoms with Crippen LogP contribution in [0.2, 0.25) is 0 Å². The van der Waals surface area contributed by atoms with Gasteiger partial charge in [-0.15, -0.1) is 0 Å². The normalized spacial score (nSPS) is 16.1. The van der Waals surface area contributed by atoms with E-state index in [1.54, 1.807) is 28.1 Å². The lowest BCUT2D eigenvalue weighted by Gasteiger charge is -2.32. The summed E-state index contributed by atoms with van der Waals surface area (Å²) in [4.78, 5) is 54.2. The number of nitrogens with zero attached hydrogens (tertiary/aromatic N) is 4. The third kappa shape index (κ3) is 3.51. The van der Waals surface area contributed by atoms with Crippen LogP contribution in [0.1, 0.15) is 11.1 Å². The van der Waals surface area contributed by atoms with Crippen molar-refractivity contribution >= 4 is 24.0 Å². The lowest BCUT2D eigenvalue weighted by molar-refractivity contribution is -0.119. The van der Waals surface area contributed by atoms with Gasteiger partial charge in [0.15, 0.2) is 0 Å². The number of aromatic nitrogens is 2. The van der Waals surface area contributed by atoms with E-state index in [9.17, 15) is 19.2 Å². The van der Waals surface area contributed by atoms with Gasteiger partial charge in [-0.1, -0.05) is 6.07 Å². The summed E-state index contributed by atoms with van der Waals surface area (Å²) in [6.07, 6.45) is 3.14. The average Bonchev–Trinajstić information content (AvgIpc) is 3.07. The van der Waals surface area contributed by atoms with Crippen LogP contribution in [0.25, 0.3) is 5.69 Å². The van der Waals surface area contributed by atoms with Crippen molar-refractivity contribution in [2.75, 3.05) is 31.5 Å². The molecule has 0 radical (unpaired) electrons. The highest BCUT2D eigenvalue weighted by Crippen LogP contribution is 2.22. The minimum atomic E-state index is -0.521. The SMILES string of the molecule is O=CN1CCN(C(=O)Nc2ccn(-c3ccc4c(c3)CC(=O)C4)c(=O)n2)CC1. The Balaban J connectivity index is 1.47. The molecule has 4 rings (SSSR count). The van der Waals surface area contributed by atoms with Gasteiger partial charge in [0.25, 0.3) is 0 Å². The molecule has 2 aliphatic rings. The van der Waals surface area contributed by atoms with Crippen LogP contribution in [-0.2, 0) is 22.4 Å². The first-order chi connectivity index (χ1) is 13.5. The number of amides is 3. The number of carbonyl (C=O) groups excluding carboxylic acids is 3. The Morgan fingerprint density at radius 3 is 2.50 bits per heavy atom. The topological polar surface area (TPSA) is 105 Å². The summed E-state index contributed by atoms with van der Waals surface area (Å²) in [6, 6.07) is 6.67. The predicted molar refractivity (Wildman–Crippen MR) is 100 cm³/mol. The fourth-order valence-electron chi connectivity index (χ4n) is 3.47. The first kappa shape index (κ1) is 17.9. The van der Waals surface area contributed by atoms with Crippen LogP contribution in [-0.4, -0.2) is 63.8 Å². The van der Waals surface area contributed by atoms with Crippen molar-refractivity contribution in [3.8, 4) is 5.69 Å². The molecule has 3 amide bonds. The van der Waals surface area contributed by atoms with Crippen molar-refractivity contribution < 1.29 is 14.4 Å². The lowest BCUT2D eigenvalue weighted by Crippen LogP contribution is -2.49. The first-order valence-electron chi connectivity index (χ1n) is 9.02. The predicted octanol–water partition coefficient (Wildman–Crippen LogP) is 0.206. The second-order valence-electron chi connectivity index (χ2n) is 6.87. The minimum Gasteiger partial charge on any atom is -0.342 e. The number of rotatable bonds is 3. The Morgan fingerprint density at radius 2 is 1.79 bits per heavy atom. The number of ketones is 1. The Kier molecular flexibility index (Phi) is 4.64. The van der Waals surface area contributed by atoms with E-state index in [1.165, 1.54) is 4.57 Å². The zero-order chi connectivity index (χ0) is 19.7. The number of fused-ring (bicyclic) bond motifs is 1. The molecule has 144 valence electrons. The number of hydrogen-bond acceptors (Lipinski definition) is 5. The molecule has 1 aliphatic heterocycles. The van der Waals surface area contributed by atoms with Gasteiger partial charge in [-0.25, -0.2) is 9.59 Å². The lowest BCUT2D eigenvalue weighted by atomic mass is 10.1. The number of hydrogen-bond donors (Lipinski definition) is 1. The highest BCUT2D eigenvalue weighted by molar-refractivity contribution is 5.89. The number of nitrogens with one attached hydrogen (secondary N) is 1. The molecule has 0 spiro atoms. The summed E-state index contributed by atoms with van der Waals surface area (Å²) in [5, 5.41) is 2.62. The van der Waals surface area contributed by atoms with Crippen molar-refractivity contribution in [3.63, 3.8) is 0 Å². The number of urea groups is 1. The van der Waals surface area contributed by atoms with Crippen molar-refractivity contribution in [1.29, 1.82) is 0 Å². The highest BCUT2D eigenvalue weighted by atomic mass is 16.2. The second kappa shape index (κ2) is 7.26. The van der Waals surface area contributed by atoms with E-state index in [-0.39, 0.29) is 17.6 Å². The van der Waals surface area contributed by atoms with Crippen LogP contribution in [0, 0.1) is 0 Å². The molecule has 1 aromatic heterocycles. The molecule has 2 aromatic rings. The maximum Gasteiger partial charge on any atom is 0.354 e. The summed E-state index contributed by atoms with van der Waals surface area (Å²) in [5.74, 6) is 0.338. The summed E-state index contributed by atoms with van der Waals surface area (Å²) in [7, 11) is 0. The van der Waals surface area contributed by atoms with Gasteiger partial charge in [0.2, 0.25) is 6.41 Å². The Labute approximate surface area is 160 Å². The van der Waals surface area contributed by atoms with E-state index < -0.39 is 5.69 Å². The Hall–Kier alpha value is -3.49. The Morgan fingerprint density at radius 1 is 1.04 bits per heavy atom. The van der Waals surface area contributed by atoms with Crippen molar-refractivity contribution in [2.24, 2.45) is 0 Å². The van der Waals surface area contributed by atoms with Crippen molar-refractivity contribution in [3.05, 3.63) is 52.1 Å². The summed E-state index contributed by atoms with van der Waals surface area (Å²) in [6.45, 7) is 1.81. The number of anilines is 1. The van der Waals surface area contributed by atoms with Gasteiger partial charge in [-0.3, -0.25) is 19.5 Å². The van der Waals surface area contributed by atoms with Crippen LogP contribution >= 0.6 is 0 Å². The van der Waals surface area contributed by atoms with Crippen molar-refractivity contribution in [2.45, 2.75) is 12.8 Å². The van der Waals surface area contributed by atoms with Gasteiger partial charge in [-0.2, -0.15) is 4.98 Å². The van der Waals surface area contributed by atoms with Gasteiger partial charge >= 0.3 is 11.7 Å². The monoisotopic (exact) mass is 381 g/mol. The number of benzene rings is 1. The molecule has 0 atom stereocenters. The molecule has 1 saturated heterocycles. The largest absolute Gasteiger partial charge is 0.354 e. The van der Waals surface area contributed by atoms with E-state index in [0.717, 1.165) is 17.5 Å². The van der Waals surface area contributed by atoms with Gasteiger partial charge in [0, 0.05) is 45.2 Å². The molecule has 1 aliphatic carbocycles. The maximum absolute atomic E-state index is 12.4.